The molecule has 3 aromatic rings. The van der Waals surface area contributed by atoms with Crippen LogP contribution in [0.5, 0.6) is 11.6 Å². The van der Waals surface area contributed by atoms with E-state index in [0.717, 1.165) is 43.1 Å². The lowest BCUT2D eigenvalue weighted by molar-refractivity contribution is 0.213. The molecule has 6 heteroatoms. The number of nitrogens with zero attached hydrogens (tertiary/aromatic N) is 3. The van der Waals surface area contributed by atoms with Crippen molar-refractivity contribution in [2.45, 2.75) is 0 Å². The number of hydrogen-bond acceptors (Lipinski definition) is 6. The standard InChI is InChI=1S/C20H22N4O2/c1-2-6-17-16(4-1)5-3-7-18(17)25-14-15-26-20-19(22-8-9-23-20)24-12-10-21-11-13-24/h1-9,21H,10-15H2. The molecule has 1 N–H and O–H groups in total. The quantitative estimate of drug-likeness (QED) is 0.690. The van der Waals surface area contributed by atoms with Crippen LogP contribution in [-0.2, 0) is 0 Å². The van der Waals surface area contributed by atoms with Crippen molar-refractivity contribution in [1.29, 1.82) is 0 Å². The van der Waals surface area contributed by atoms with E-state index in [1.165, 1.54) is 5.39 Å². The van der Waals surface area contributed by atoms with Crippen LogP contribution in [0.2, 0.25) is 0 Å². The maximum atomic E-state index is 5.93. The summed E-state index contributed by atoms with van der Waals surface area (Å²) in [6.07, 6.45) is 3.36. The van der Waals surface area contributed by atoms with E-state index in [2.05, 4.69) is 38.4 Å². The highest BCUT2D eigenvalue weighted by Gasteiger charge is 2.17. The highest BCUT2D eigenvalue weighted by Crippen LogP contribution is 2.25. The molecule has 2 aromatic carbocycles. The molecule has 0 spiro atoms. The first-order valence-electron chi connectivity index (χ1n) is 8.92. The van der Waals surface area contributed by atoms with Crippen LogP contribution in [0.4, 0.5) is 5.82 Å². The molecule has 1 aliphatic rings. The molecule has 4 rings (SSSR count). The molecule has 0 saturated carbocycles. The van der Waals surface area contributed by atoms with E-state index in [4.69, 9.17) is 9.47 Å². The van der Waals surface area contributed by atoms with Crippen LogP contribution in [-0.4, -0.2) is 49.4 Å². The summed E-state index contributed by atoms with van der Waals surface area (Å²) >= 11 is 0. The first-order chi connectivity index (χ1) is 12.9. The fourth-order valence-electron chi connectivity index (χ4n) is 3.12. The molecule has 0 atom stereocenters. The number of rotatable bonds is 6. The van der Waals surface area contributed by atoms with Crippen LogP contribution in [0, 0.1) is 0 Å². The normalized spacial score (nSPS) is 14.4. The highest BCUT2D eigenvalue weighted by atomic mass is 16.5. The summed E-state index contributed by atoms with van der Waals surface area (Å²) in [6, 6.07) is 14.3. The zero-order valence-corrected chi connectivity index (χ0v) is 14.6. The SMILES string of the molecule is c1ccc2c(OCCOc3nccnc3N3CCNCC3)cccc2c1. The van der Waals surface area contributed by atoms with Gasteiger partial charge in [0.1, 0.15) is 19.0 Å². The molecule has 0 radical (unpaired) electrons. The summed E-state index contributed by atoms with van der Waals surface area (Å²) in [6.45, 7) is 4.57. The fraction of sp³-hybridized carbons (Fsp3) is 0.300. The van der Waals surface area contributed by atoms with Gasteiger partial charge >= 0.3 is 0 Å². The minimum atomic E-state index is 0.418. The van der Waals surface area contributed by atoms with E-state index in [0.29, 0.717) is 19.1 Å². The van der Waals surface area contributed by atoms with Gasteiger partial charge in [-0.25, -0.2) is 9.97 Å². The third-order valence-electron chi connectivity index (χ3n) is 4.39. The van der Waals surface area contributed by atoms with Crippen molar-refractivity contribution in [1.82, 2.24) is 15.3 Å². The van der Waals surface area contributed by atoms with Crippen LogP contribution < -0.4 is 19.7 Å². The largest absolute Gasteiger partial charge is 0.489 e. The van der Waals surface area contributed by atoms with Crippen molar-refractivity contribution in [3.05, 3.63) is 54.9 Å². The van der Waals surface area contributed by atoms with Crippen LogP contribution in [0.15, 0.2) is 54.9 Å². The molecule has 1 saturated heterocycles. The molecule has 0 amide bonds. The second-order valence-electron chi connectivity index (χ2n) is 6.10. The molecule has 0 unspecified atom stereocenters. The predicted octanol–water partition coefficient (Wildman–Crippen LogP) is 2.50. The monoisotopic (exact) mass is 350 g/mol. The van der Waals surface area contributed by atoms with Gasteiger partial charge in [-0.05, 0) is 11.5 Å². The van der Waals surface area contributed by atoms with Gasteiger partial charge in [0, 0.05) is 44.0 Å². The molecule has 1 aromatic heterocycles. The summed E-state index contributed by atoms with van der Waals surface area (Å²) in [7, 11) is 0. The summed E-state index contributed by atoms with van der Waals surface area (Å²) < 4.78 is 11.8. The molecule has 6 nitrogen and oxygen atoms in total. The Bertz CT molecular complexity index is 860. The van der Waals surface area contributed by atoms with Gasteiger partial charge in [0.15, 0.2) is 5.82 Å². The van der Waals surface area contributed by atoms with Gasteiger partial charge in [-0.3, -0.25) is 0 Å². The van der Waals surface area contributed by atoms with Gasteiger partial charge in [-0.2, -0.15) is 0 Å². The Kier molecular flexibility index (Phi) is 5.12. The van der Waals surface area contributed by atoms with Gasteiger partial charge in [-0.1, -0.05) is 36.4 Å². The van der Waals surface area contributed by atoms with Crippen molar-refractivity contribution < 1.29 is 9.47 Å². The lowest BCUT2D eigenvalue weighted by Crippen LogP contribution is -2.44. The van der Waals surface area contributed by atoms with E-state index in [1.54, 1.807) is 12.4 Å². The Morgan fingerprint density at radius 3 is 2.58 bits per heavy atom. The average Bonchev–Trinajstić information content (AvgIpc) is 2.72. The molecule has 2 heterocycles. The smallest absolute Gasteiger partial charge is 0.257 e. The van der Waals surface area contributed by atoms with E-state index in [-0.39, 0.29) is 0 Å². The number of piperazine rings is 1. The van der Waals surface area contributed by atoms with E-state index in [1.807, 2.05) is 24.3 Å². The van der Waals surface area contributed by atoms with Gasteiger partial charge in [-0.15, -0.1) is 0 Å². The molecule has 134 valence electrons. The van der Waals surface area contributed by atoms with Gasteiger partial charge < -0.3 is 19.7 Å². The van der Waals surface area contributed by atoms with Crippen molar-refractivity contribution in [2.75, 3.05) is 44.3 Å². The number of aromatic nitrogens is 2. The Labute approximate surface area is 152 Å². The van der Waals surface area contributed by atoms with Crippen LogP contribution in [0.3, 0.4) is 0 Å². The Morgan fingerprint density at radius 2 is 1.65 bits per heavy atom. The number of nitrogens with one attached hydrogen (secondary N) is 1. The topological polar surface area (TPSA) is 59.5 Å². The lowest BCUT2D eigenvalue weighted by Gasteiger charge is -2.28. The first-order valence-corrected chi connectivity index (χ1v) is 8.92. The number of ether oxygens (including phenoxy) is 2. The average molecular weight is 350 g/mol. The van der Waals surface area contributed by atoms with Crippen molar-refractivity contribution >= 4 is 16.6 Å². The molecule has 0 aliphatic carbocycles. The second kappa shape index (κ2) is 8.01. The summed E-state index contributed by atoms with van der Waals surface area (Å²) in [5, 5.41) is 5.61. The zero-order chi connectivity index (χ0) is 17.6. The van der Waals surface area contributed by atoms with E-state index < -0.39 is 0 Å². The third-order valence-corrected chi connectivity index (χ3v) is 4.39. The summed E-state index contributed by atoms with van der Waals surface area (Å²) in [4.78, 5) is 11.0. The van der Waals surface area contributed by atoms with Crippen LogP contribution in [0.1, 0.15) is 0 Å². The molecular formula is C20H22N4O2. The van der Waals surface area contributed by atoms with Crippen molar-refractivity contribution in [3.8, 4) is 11.6 Å². The minimum Gasteiger partial charge on any atom is -0.489 e. The maximum absolute atomic E-state index is 5.93. The van der Waals surface area contributed by atoms with Crippen molar-refractivity contribution in [3.63, 3.8) is 0 Å². The molecule has 1 fully saturated rings. The van der Waals surface area contributed by atoms with Gasteiger partial charge in [0.05, 0.1) is 0 Å². The van der Waals surface area contributed by atoms with Crippen molar-refractivity contribution in [2.24, 2.45) is 0 Å². The zero-order valence-electron chi connectivity index (χ0n) is 14.6. The predicted molar refractivity (Wildman–Crippen MR) is 102 cm³/mol. The van der Waals surface area contributed by atoms with E-state index in [9.17, 15) is 0 Å². The first kappa shape index (κ1) is 16.6. The Balaban J connectivity index is 1.38. The fourth-order valence-corrected chi connectivity index (χ4v) is 3.12. The summed E-state index contributed by atoms with van der Waals surface area (Å²) in [5.41, 5.74) is 0. The highest BCUT2D eigenvalue weighted by molar-refractivity contribution is 5.88. The Morgan fingerprint density at radius 1 is 0.885 bits per heavy atom. The number of hydrogen-bond donors (Lipinski definition) is 1. The molecule has 0 bridgehead atoms. The minimum absolute atomic E-state index is 0.418. The third kappa shape index (κ3) is 3.70. The van der Waals surface area contributed by atoms with E-state index >= 15 is 0 Å². The number of anilines is 1. The van der Waals surface area contributed by atoms with Gasteiger partial charge in [0.2, 0.25) is 0 Å². The summed E-state index contributed by atoms with van der Waals surface area (Å²) in [5.74, 6) is 2.24. The number of fused-ring (bicyclic) bond motifs is 1. The maximum Gasteiger partial charge on any atom is 0.257 e. The molecule has 1 aliphatic heterocycles. The van der Waals surface area contributed by atoms with Gasteiger partial charge in [0.25, 0.3) is 5.88 Å². The second-order valence-corrected chi connectivity index (χ2v) is 6.10. The van der Waals surface area contributed by atoms with Crippen LogP contribution >= 0.6 is 0 Å². The molecule has 26 heavy (non-hydrogen) atoms. The number of benzene rings is 2. The lowest BCUT2D eigenvalue weighted by atomic mass is 10.1. The Hall–Kier alpha value is -2.86. The molecular weight excluding hydrogens is 328 g/mol. The van der Waals surface area contributed by atoms with Crippen LogP contribution in [0.25, 0.3) is 10.8 Å².